The molecule has 0 radical (unpaired) electrons. The molecule has 1 aliphatic rings. The van der Waals surface area contributed by atoms with E-state index in [0.29, 0.717) is 12.1 Å². The summed E-state index contributed by atoms with van der Waals surface area (Å²) < 4.78 is 0. The molecule has 1 aliphatic heterocycles. The summed E-state index contributed by atoms with van der Waals surface area (Å²) in [6.45, 7) is 9.17. The summed E-state index contributed by atoms with van der Waals surface area (Å²) in [7, 11) is 0. The maximum Gasteiger partial charge on any atom is 0.0446 e. The molecule has 2 N–H and O–H groups in total. The van der Waals surface area contributed by atoms with Gasteiger partial charge in [-0.2, -0.15) is 0 Å². The zero-order chi connectivity index (χ0) is 9.68. The highest BCUT2D eigenvalue weighted by Crippen LogP contribution is 2.09. The standard InChI is InChI=1S/C10H20N2O/c1-3-5-12-8-9(2)11-7-10(12)4-6-13/h3,9-11,13H,1,4-8H2,2H3. The number of nitrogens with zero attached hydrogens (tertiary/aromatic N) is 1. The van der Waals surface area contributed by atoms with Gasteiger partial charge < -0.3 is 10.4 Å². The molecule has 1 saturated heterocycles. The molecule has 1 heterocycles. The Kier molecular flexibility index (Phi) is 4.42. The van der Waals surface area contributed by atoms with Gasteiger partial charge in [0.05, 0.1) is 0 Å². The van der Waals surface area contributed by atoms with Gasteiger partial charge in [-0.15, -0.1) is 6.58 Å². The van der Waals surface area contributed by atoms with Crippen LogP contribution in [0.15, 0.2) is 12.7 Å². The van der Waals surface area contributed by atoms with Crippen LogP contribution in [0.3, 0.4) is 0 Å². The third-order valence-electron chi connectivity index (χ3n) is 2.55. The van der Waals surface area contributed by atoms with Gasteiger partial charge in [0.15, 0.2) is 0 Å². The number of nitrogens with one attached hydrogen (secondary N) is 1. The Labute approximate surface area is 80.4 Å². The first-order valence-corrected chi connectivity index (χ1v) is 4.97. The molecular weight excluding hydrogens is 164 g/mol. The molecule has 0 aromatic heterocycles. The number of piperazine rings is 1. The Hall–Kier alpha value is -0.380. The summed E-state index contributed by atoms with van der Waals surface area (Å²) in [5, 5.41) is 12.3. The van der Waals surface area contributed by atoms with E-state index in [9.17, 15) is 0 Å². The lowest BCUT2D eigenvalue weighted by molar-refractivity contribution is 0.123. The van der Waals surface area contributed by atoms with Crippen LogP contribution in [-0.4, -0.2) is 48.3 Å². The molecule has 0 aromatic carbocycles. The van der Waals surface area contributed by atoms with Crippen LogP contribution in [0.5, 0.6) is 0 Å². The molecule has 1 fully saturated rings. The molecule has 3 heteroatoms. The molecule has 0 aromatic rings. The summed E-state index contributed by atoms with van der Waals surface area (Å²) in [6, 6.07) is 1.02. The Bertz CT molecular complexity index is 161. The van der Waals surface area contributed by atoms with E-state index in [1.54, 1.807) is 0 Å². The van der Waals surface area contributed by atoms with Gasteiger partial charge in [-0.3, -0.25) is 4.90 Å². The van der Waals surface area contributed by atoms with Gasteiger partial charge in [0.1, 0.15) is 0 Å². The highest BCUT2D eigenvalue weighted by Gasteiger charge is 2.23. The molecule has 0 bridgehead atoms. The largest absolute Gasteiger partial charge is 0.396 e. The number of hydrogen-bond acceptors (Lipinski definition) is 3. The molecular formula is C10H20N2O. The highest BCUT2D eigenvalue weighted by atomic mass is 16.3. The lowest BCUT2D eigenvalue weighted by Crippen LogP contribution is -2.55. The molecule has 3 nitrogen and oxygen atoms in total. The van der Waals surface area contributed by atoms with Gasteiger partial charge in [0.25, 0.3) is 0 Å². The van der Waals surface area contributed by atoms with Crippen molar-refractivity contribution in [3.8, 4) is 0 Å². The zero-order valence-electron chi connectivity index (χ0n) is 8.37. The number of rotatable bonds is 4. The van der Waals surface area contributed by atoms with Gasteiger partial charge in [-0.05, 0) is 13.3 Å². The maximum atomic E-state index is 8.89. The molecule has 2 atom stereocenters. The fraction of sp³-hybridized carbons (Fsp3) is 0.800. The topological polar surface area (TPSA) is 35.5 Å². The Morgan fingerprint density at radius 3 is 3.08 bits per heavy atom. The van der Waals surface area contributed by atoms with Crippen molar-refractivity contribution in [2.75, 3.05) is 26.2 Å². The summed E-state index contributed by atoms with van der Waals surface area (Å²) in [5.74, 6) is 0. The molecule has 0 aliphatic carbocycles. The first kappa shape index (κ1) is 10.7. The Morgan fingerprint density at radius 1 is 1.69 bits per heavy atom. The fourth-order valence-corrected chi connectivity index (χ4v) is 1.85. The number of hydrogen-bond donors (Lipinski definition) is 2. The van der Waals surface area contributed by atoms with Crippen molar-refractivity contribution in [3.63, 3.8) is 0 Å². The van der Waals surface area contributed by atoms with E-state index in [-0.39, 0.29) is 6.61 Å². The van der Waals surface area contributed by atoms with E-state index >= 15 is 0 Å². The molecule has 0 saturated carbocycles. The first-order valence-electron chi connectivity index (χ1n) is 4.97. The summed E-state index contributed by atoms with van der Waals surface area (Å²) in [5.41, 5.74) is 0. The monoisotopic (exact) mass is 184 g/mol. The minimum absolute atomic E-state index is 0.272. The Balaban J connectivity index is 2.44. The minimum atomic E-state index is 0.272. The van der Waals surface area contributed by atoms with Gasteiger partial charge >= 0.3 is 0 Å². The van der Waals surface area contributed by atoms with Crippen molar-refractivity contribution >= 4 is 0 Å². The second-order valence-electron chi connectivity index (χ2n) is 3.72. The molecule has 76 valence electrons. The number of aliphatic hydroxyl groups excluding tert-OH is 1. The maximum absolute atomic E-state index is 8.89. The van der Waals surface area contributed by atoms with Gasteiger partial charge in [0.2, 0.25) is 0 Å². The van der Waals surface area contributed by atoms with Crippen molar-refractivity contribution in [1.82, 2.24) is 10.2 Å². The van der Waals surface area contributed by atoms with Crippen LogP contribution in [0.1, 0.15) is 13.3 Å². The SMILES string of the molecule is C=CCN1CC(C)NCC1CCO. The predicted octanol–water partition coefficient (Wildman–Crippen LogP) is 0.217. The van der Waals surface area contributed by atoms with Crippen LogP contribution in [0.25, 0.3) is 0 Å². The smallest absolute Gasteiger partial charge is 0.0446 e. The van der Waals surface area contributed by atoms with Gasteiger partial charge in [-0.1, -0.05) is 6.08 Å². The second-order valence-corrected chi connectivity index (χ2v) is 3.72. The minimum Gasteiger partial charge on any atom is -0.396 e. The molecule has 13 heavy (non-hydrogen) atoms. The van der Waals surface area contributed by atoms with E-state index in [0.717, 1.165) is 26.1 Å². The average Bonchev–Trinajstić information content (AvgIpc) is 2.10. The normalized spacial score (nSPS) is 30.3. The molecule has 1 rings (SSSR count). The van der Waals surface area contributed by atoms with Gasteiger partial charge in [0, 0.05) is 38.3 Å². The van der Waals surface area contributed by atoms with Crippen molar-refractivity contribution < 1.29 is 5.11 Å². The van der Waals surface area contributed by atoms with Crippen molar-refractivity contribution in [1.29, 1.82) is 0 Å². The fourth-order valence-electron chi connectivity index (χ4n) is 1.85. The van der Waals surface area contributed by atoms with E-state index in [1.165, 1.54) is 0 Å². The van der Waals surface area contributed by atoms with E-state index in [2.05, 4.69) is 23.7 Å². The zero-order valence-corrected chi connectivity index (χ0v) is 8.37. The highest BCUT2D eigenvalue weighted by molar-refractivity contribution is 4.87. The van der Waals surface area contributed by atoms with E-state index in [1.807, 2.05) is 6.08 Å². The summed E-state index contributed by atoms with van der Waals surface area (Å²) >= 11 is 0. The Morgan fingerprint density at radius 2 is 2.46 bits per heavy atom. The summed E-state index contributed by atoms with van der Waals surface area (Å²) in [4.78, 5) is 2.38. The van der Waals surface area contributed by atoms with E-state index in [4.69, 9.17) is 5.11 Å². The lowest BCUT2D eigenvalue weighted by atomic mass is 10.1. The van der Waals surface area contributed by atoms with Crippen molar-refractivity contribution in [2.45, 2.75) is 25.4 Å². The van der Waals surface area contributed by atoms with Crippen LogP contribution >= 0.6 is 0 Å². The van der Waals surface area contributed by atoms with Crippen molar-refractivity contribution in [3.05, 3.63) is 12.7 Å². The van der Waals surface area contributed by atoms with Crippen LogP contribution in [0.2, 0.25) is 0 Å². The average molecular weight is 184 g/mol. The van der Waals surface area contributed by atoms with Crippen molar-refractivity contribution in [2.24, 2.45) is 0 Å². The predicted molar refractivity (Wildman–Crippen MR) is 54.7 cm³/mol. The van der Waals surface area contributed by atoms with Gasteiger partial charge in [-0.25, -0.2) is 0 Å². The summed E-state index contributed by atoms with van der Waals surface area (Å²) in [6.07, 6.45) is 2.79. The molecule has 2 unspecified atom stereocenters. The first-order chi connectivity index (χ1) is 6.27. The molecule has 0 amide bonds. The lowest BCUT2D eigenvalue weighted by Gasteiger charge is -2.38. The molecule has 0 spiro atoms. The third kappa shape index (κ3) is 3.10. The van der Waals surface area contributed by atoms with E-state index < -0.39 is 0 Å². The van der Waals surface area contributed by atoms with Crippen LogP contribution in [0, 0.1) is 0 Å². The number of aliphatic hydroxyl groups is 1. The van der Waals surface area contributed by atoms with Crippen LogP contribution in [-0.2, 0) is 0 Å². The third-order valence-corrected chi connectivity index (χ3v) is 2.55. The van der Waals surface area contributed by atoms with Crippen LogP contribution < -0.4 is 5.32 Å². The second kappa shape index (κ2) is 5.37. The quantitative estimate of drug-likeness (QED) is 0.613. The van der Waals surface area contributed by atoms with Crippen LogP contribution in [0.4, 0.5) is 0 Å².